The maximum Gasteiger partial charge on any atom is 0.214 e. The van der Waals surface area contributed by atoms with Crippen LogP contribution >= 0.6 is 11.6 Å². The summed E-state index contributed by atoms with van der Waals surface area (Å²) < 4.78 is 5.60. The van der Waals surface area contributed by atoms with Crippen molar-refractivity contribution in [1.29, 1.82) is 5.26 Å². The molecular formula is C14H18ClN5O. The topological polar surface area (TPSA) is 64.8 Å². The third kappa shape index (κ3) is 4.31. The van der Waals surface area contributed by atoms with Crippen LogP contribution in [0.2, 0.25) is 5.15 Å². The highest BCUT2D eigenvalue weighted by Crippen LogP contribution is 2.15. The van der Waals surface area contributed by atoms with Gasteiger partial charge in [-0.05, 0) is 25.5 Å². The molecule has 0 bridgehead atoms. The average Bonchev–Trinajstić information content (AvgIpc) is 2.82. The molecule has 1 fully saturated rings. The zero-order chi connectivity index (χ0) is 15.2. The molecular weight excluding hydrogens is 290 g/mol. The van der Waals surface area contributed by atoms with E-state index in [0.717, 1.165) is 18.7 Å². The number of aliphatic imine (C=N–C) groups is 1. The summed E-state index contributed by atoms with van der Waals surface area (Å²) in [6.45, 7) is 6.62. The number of ether oxygens (including phenoxy) is 1. The van der Waals surface area contributed by atoms with Gasteiger partial charge in [0.1, 0.15) is 11.9 Å². The third-order valence-corrected chi connectivity index (χ3v) is 3.30. The molecule has 21 heavy (non-hydrogen) atoms. The van der Waals surface area contributed by atoms with Crippen LogP contribution in [0, 0.1) is 11.5 Å². The lowest BCUT2D eigenvalue weighted by Gasteiger charge is -2.22. The zero-order valence-corrected chi connectivity index (χ0v) is 12.9. The van der Waals surface area contributed by atoms with Gasteiger partial charge >= 0.3 is 0 Å². The molecule has 2 rings (SSSR count). The van der Waals surface area contributed by atoms with Crippen LogP contribution in [0.15, 0.2) is 23.3 Å². The Hall–Kier alpha value is -1.84. The maximum absolute atomic E-state index is 8.88. The fourth-order valence-corrected chi connectivity index (χ4v) is 2.17. The van der Waals surface area contributed by atoms with Crippen LogP contribution in [-0.4, -0.2) is 46.7 Å². The molecule has 0 N–H and O–H groups in total. The van der Waals surface area contributed by atoms with Crippen molar-refractivity contribution in [2.75, 3.05) is 19.8 Å². The number of rotatable bonds is 5. The van der Waals surface area contributed by atoms with Gasteiger partial charge in [0.2, 0.25) is 12.2 Å². The van der Waals surface area contributed by atoms with Gasteiger partial charge in [0.05, 0.1) is 6.10 Å². The second-order valence-corrected chi connectivity index (χ2v) is 5.42. The SMILES string of the molecule is CC(C)OCN1CCN(Cc2ccc(Cl)nc2)/C1=N/C#N. The van der Waals surface area contributed by atoms with E-state index in [1.54, 1.807) is 12.3 Å². The fourth-order valence-electron chi connectivity index (χ4n) is 2.06. The van der Waals surface area contributed by atoms with Crippen LogP contribution < -0.4 is 0 Å². The first-order valence-electron chi connectivity index (χ1n) is 6.79. The van der Waals surface area contributed by atoms with E-state index in [4.69, 9.17) is 21.6 Å². The van der Waals surface area contributed by atoms with Crippen LogP contribution in [0.25, 0.3) is 0 Å². The van der Waals surface area contributed by atoms with Gasteiger partial charge in [-0.15, -0.1) is 4.99 Å². The van der Waals surface area contributed by atoms with Crippen molar-refractivity contribution in [3.05, 3.63) is 29.0 Å². The van der Waals surface area contributed by atoms with E-state index in [2.05, 4.69) is 9.98 Å². The van der Waals surface area contributed by atoms with Crippen molar-refractivity contribution in [1.82, 2.24) is 14.8 Å². The normalized spacial score (nSPS) is 16.8. The van der Waals surface area contributed by atoms with Crippen LogP contribution in [0.3, 0.4) is 0 Å². The van der Waals surface area contributed by atoms with Crippen molar-refractivity contribution in [3.63, 3.8) is 0 Å². The lowest BCUT2D eigenvalue weighted by atomic mass is 10.3. The molecule has 1 aromatic heterocycles. The Balaban J connectivity index is 2.04. The van der Waals surface area contributed by atoms with E-state index in [0.29, 0.717) is 24.4 Å². The van der Waals surface area contributed by atoms with Gasteiger partial charge < -0.3 is 14.5 Å². The van der Waals surface area contributed by atoms with Crippen molar-refractivity contribution in [2.45, 2.75) is 26.5 Å². The highest BCUT2D eigenvalue weighted by Gasteiger charge is 2.27. The molecule has 1 aromatic rings. The molecule has 7 heteroatoms. The summed E-state index contributed by atoms with van der Waals surface area (Å²) in [4.78, 5) is 12.0. The Labute approximate surface area is 129 Å². The molecule has 0 spiro atoms. The number of nitriles is 1. The summed E-state index contributed by atoms with van der Waals surface area (Å²) >= 11 is 5.78. The predicted molar refractivity (Wildman–Crippen MR) is 80.5 cm³/mol. The predicted octanol–water partition coefficient (Wildman–Crippen LogP) is 2.07. The molecule has 0 aliphatic carbocycles. The summed E-state index contributed by atoms with van der Waals surface area (Å²) in [6, 6.07) is 3.68. The summed E-state index contributed by atoms with van der Waals surface area (Å²) in [5.74, 6) is 0.646. The Kier molecular flexibility index (Phi) is 5.37. The number of hydrogen-bond donors (Lipinski definition) is 0. The van der Waals surface area contributed by atoms with Gasteiger partial charge in [-0.1, -0.05) is 17.7 Å². The number of hydrogen-bond acceptors (Lipinski definition) is 4. The van der Waals surface area contributed by atoms with Gasteiger partial charge in [-0.2, -0.15) is 5.26 Å². The third-order valence-electron chi connectivity index (χ3n) is 3.08. The Bertz CT molecular complexity index is 537. The Morgan fingerprint density at radius 1 is 1.43 bits per heavy atom. The fraction of sp³-hybridized carbons (Fsp3) is 0.500. The first-order valence-corrected chi connectivity index (χ1v) is 7.16. The van der Waals surface area contributed by atoms with Gasteiger partial charge in [0.25, 0.3) is 0 Å². The lowest BCUT2D eigenvalue weighted by Crippen LogP contribution is -2.35. The Morgan fingerprint density at radius 2 is 2.19 bits per heavy atom. The number of halogens is 1. The first-order chi connectivity index (χ1) is 10.1. The molecule has 112 valence electrons. The van der Waals surface area contributed by atoms with Gasteiger partial charge in [-0.25, -0.2) is 4.98 Å². The van der Waals surface area contributed by atoms with E-state index < -0.39 is 0 Å². The minimum absolute atomic E-state index is 0.142. The molecule has 0 unspecified atom stereocenters. The second kappa shape index (κ2) is 7.25. The van der Waals surface area contributed by atoms with E-state index in [1.165, 1.54) is 0 Å². The number of pyridine rings is 1. The summed E-state index contributed by atoms with van der Waals surface area (Å²) in [5, 5.41) is 9.35. The molecule has 0 aromatic carbocycles. The number of nitrogens with zero attached hydrogens (tertiary/aromatic N) is 5. The van der Waals surface area contributed by atoms with Crippen LogP contribution in [0.5, 0.6) is 0 Å². The van der Waals surface area contributed by atoms with E-state index >= 15 is 0 Å². The highest BCUT2D eigenvalue weighted by molar-refractivity contribution is 6.29. The summed E-state index contributed by atoms with van der Waals surface area (Å²) in [6.07, 6.45) is 3.74. The number of guanidine groups is 1. The maximum atomic E-state index is 8.88. The van der Waals surface area contributed by atoms with E-state index in [1.807, 2.05) is 35.9 Å². The van der Waals surface area contributed by atoms with Crippen LogP contribution in [0.4, 0.5) is 0 Å². The molecule has 0 saturated carbocycles. The smallest absolute Gasteiger partial charge is 0.214 e. The van der Waals surface area contributed by atoms with E-state index in [-0.39, 0.29) is 6.10 Å². The molecule has 1 aliphatic rings. The molecule has 0 radical (unpaired) electrons. The zero-order valence-electron chi connectivity index (χ0n) is 12.2. The monoisotopic (exact) mass is 307 g/mol. The minimum Gasteiger partial charge on any atom is -0.358 e. The highest BCUT2D eigenvalue weighted by atomic mass is 35.5. The molecule has 1 saturated heterocycles. The van der Waals surface area contributed by atoms with Gasteiger partial charge in [0.15, 0.2) is 0 Å². The minimum atomic E-state index is 0.142. The molecule has 0 amide bonds. The first kappa shape index (κ1) is 15.5. The van der Waals surface area contributed by atoms with Crippen molar-refractivity contribution >= 4 is 17.6 Å². The summed E-state index contributed by atoms with van der Waals surface area (Å²) in [5.41, 5.74) is 1.02. The molecule has 6 nitrogen and oxygen atoms in total. The van der Waals surface area contributed by atoms with Crippen LogP contribution in [0.1, 0.15) is 19.4 Å². The van der Waals surface area contributed by atoms with Gasteiger partial charge in [-0.3, -0.25) is 0 Å². The van der Waals surface area contributed by atoms with Gasteiger partial charge in [0, 0.05) is 25.8 Å². The van der Waals surface area contributed by atoms with Crippen molar-refractivity contribution in [2.24, 2.45) is 4.99 Å². The molecule has 1 aliphatic heterocycles. The largest absolute Gasteiger partial charge is 0.358 e. The quantitative estimate of drug-likeness (QED) is 0.615. The van der Waals surface area contributed by atoms with Crippen molar-refractivity contribution < 1.29 is 4.74 Å². The molecule has 2 heterocycles. The average molecular weight is 308 g/mol. The molecule has 0 atom stereocenters. The summed E-state index contributed by atoms with van der Waals surface area (Å²) in [7, 11) is 0. The van der Waals surface area contributed by atoms with Crippen LogP contribution in [-0.2, 0) is 11.3 Å². The van der Waals surface area contributed by atoms with E-state index in [9.17, 15) is 0 Å². The van der Waals surface area contributed by atoms with Crippen molar-refractivity contribution in [3.8, 4) is 6.19 Å². The standard InChI is InChI=1S/C14H18ClN5O/c1-11(2)21-10-20-6-5-19(14(20)18-9-16)8-12-3-4-13(15)17-7-12/h3-4,7,11H,5-6,8,10H2,1-2H3/b18-14-. The second-order valence-electron chi connectivity index (χ2n) is 5.03. The Morgan fingerprint density at radius 3 is 2.81 bits per heavy atom. The lowest BCUT2D eigenvalue weighted by molar-refractivity contribution is 0.0263. The number of aromatic nitrogens is 1.